The molecule has 0 spiro atoms. The second kappa shape index (κ2) is 10.7. The number of carbonyl (C=O) groups is 1. The number of ether oxygens (including phenoxy) is 3. The molecule has 1 aliphatic rings. The molecule has 11 heteroatoms. The number of benzene rings is 1. The number of rotatable bonds is 10. The second-order valence-corrected chi connectivity index (χ2v) is 8.29. The molecule has 2 aromatic heterocycles. The molecule has 3 heterocycles. The average molecular weight is 471 g/mol. The van der Waals surface area contributed by atoms with Crippen molar-refractivity contribution in [2.75, 3.05) is 39.1 Å². The molecule has 1 aromatic carbocycles. The molecule has 0 amide bonds. The van der Waals surface area contributed by atoms with Gasteiger partial charge in [0.2, 0.25) is 0 Å². The van der Waals surface area contributed by atoms with Gasteiger partial charge in [0.25, 0.3) is 0 Å². The van der Waals surface area contributed by atoms with Crippen molar-refractivity contribution in [1.29, 1.82) is 0 Å². The van der Waals surface area contributed by atoms with Crippen molar-refractivity contribution in [3.8, 4) is 6.01 Å². The Balaban J connectivity index is 1.70. The quantitative estimate of drug-likeness (QED) is 0.336. The summed E-state index contributed by atoms with van der Waals surface area (Å²) in [5.74, 6) is 0.528. The van der Waals surface area contributed by atoms with E-state index in [2.05, 4.69) is 32.0 Å². The van der Waals surface area contributed by atoms with Crippen LogP contribution in [0.4, 0.5) is 10.6 Å². The molecule has 4 rings (SSSR count). The number of methoxy groups -OCH3 is 1. The number of hydrogen-bond acceptors (Lipinski definition) is 9. The average Bonchev–Trinajstić information content (AvgIpc) is 3.42. The van der Waals surface area contributed by atoms with Gasteiger partial charge in [-0.25, -0.2) is 9.78 Å². The number of nitrogen functional groups attached to an aromatic ring is 1. The van der Waals surface area contributed by atoms with Crippen LogP contribution < -0.4 is 10.5 Å². The third-order valence-electron chi connectivity index (χ3n) is 5.73. The van der Waals surface area contributed by atoms with Crippen molar-refractivity contribution in [3.05, 3.63) is 41.2 Å². The Morgan fingerprint density at radius 3 is 2.59 bits per heavy atom. The summed E-state index contributed by atoms with van der Waals surface area (Å²) >= 11 is 0. The van der Waals surface area contributed by atoms with Crippen molar-refractivity contribution < 1.29 is 24.1 Å². The smallest absolute Gasteiger partial charge is 0.461 e. The topological polar surface area (TPSA) is 138 Å². The monoisotopic (exact) mass is 470 g/mol. The van der Waals surface area contributed by atoms with Gasteiger partial charge >= 0.3 is 12.2 Å². The van der Waals surface area contributed by atoms with E-state index < -0.39 is 12.3 Å². The van der Waals surface area contributed by atoms with E-state index in [0.717, 1.165) is 25.2 Å². The summed E-state index contributed by atoms with van der Waals surface area (Å²) in [4.78, 5) is 26.9. The van der Waals surface area contributed by atoms with E-state index >= 15 is 0 Å². The van der Waals surface area contributed by atoms with E-state index in [9.17, 15) is 4.79 Å². The van der Waals surface area contributed by atoms with Gasteiger partial charge in [-0.15, -0.1) is 0 Å². The predicted octanol–water partition coefficient (Wildman–Crippen LogP) is 2.83. The number of hydrogen-bond donors (Lipinski definition) is 2. The predicted molar refractivity (Wildman–Crippen MR) is 125 cm³/mol. The molecule has 0 bridgehead atoms. The van der Waals surface area contributed by atoms with E-state index in [4.69, 9.17) is 25.1 Å². The number of imidazole rings is 1. The van der Waals surface area contributed by atoms with Crippen molar-refractivity contribution in [1.82, 2.24) is 24.4 Å². The molecule has 3 aromatic rings. The Hall–Kier alpha value is -3.44. The normalized spacial score (nSPS) is 15.0. The van der Waals surface area contributed by atoms with Crippen LogP contribution in [0.3, 0.4) is 0 Å². The number of aromatic nitrogens is 4. The lowest BCUT2D eigenvalue weighted by atomic mass is 10.1. The fourth-order valence-corrected chi connectivity index (χ4v) is 4.18. The largest absolute Gasteiger partial charge is 0.506 e. The third kappa shape index (κ3) is 5.54. The van der Waals surface area contributed by atoms with Crippen LogP contribution in [0.15, 0.2) is 24.3 Å². The zero-order valence-corrected chi connectivity index (χ0v) is 19.4. The first-order valence-corrected chi connectivity index (χ1v) is 11.3. The molecule has 1 saturated heterocycles. The van der Waals surface area contributed by atoms with Crippen LogP contribution in [0, 0.1) is 0 Å². The fraction of sp³-hybridized carbons (Fsp3) is 0.478. The molecule has 1 aliphatic heterocycles. The van der Waals surface area contributed by atoms with Gasteiger partial charge in [-0.2, -0.15) is 9.97 Å². The van der Waals surface area contributed by atoms with Crippen LogP contribution in [-0.2, 0) is 22.6 Å². The zero-order valence-electron chi connectivity index (χ0n) is 19.4. The molecule has 11 nitrogen and oxygen atoms in total. The van der Waals surface area contributed by atoms with Crippen LogP contribution in [-0.4, -0.2) is 69.1 Å². The Kier molecular flexibility index (Phi) is 7.43. The lowest BCUT2D eigenvalue weighted by Crippen LogP contribution is -2.18. The van der Waals surface area contributed by atoms with Gasteiger partial charge in [-0.1, -0.05) is 24.3 Å². The summed E-state index contributed by atoms with van der Waals surface area (Å²) < 4.78 is 17.4. The van der Waals surface area contributed by atoms with Crippen LogP contribution in [0.2, 0.25) is 0 Å². The van der Waals surface area contributed by atoms with E-state index in [-0.39, 0.29) is 18.4 Å². The van der Waals surface area contributed by atoms with E-state index in [1.807, 2.05) is 12.1 Å². The second-order valence-electron chi connectivity index (χ2n) is 8.29. The number of nitrogens with zero attached hydrogens (tertiary/aromatic N) is 5. The van der Waals surface area contributed by atoms with Crippen molar-refractivity contribution in [3.63, 3.8) is 0 Å². The van der Waals surface area contributed by atoms with E-state index in [1.165, 1.54) is 18.4 Å². The van der Waals surface area contributed by atoms with Gasteiger partial charge < -0.3 is 29.6 Å². The van der Waals surface area contributed by atoms with E-state index in [0.29, 0.717) is 30.1 Å². The first-order chi connectivity index (χ1) is 16.4. The van der Waals surface area contributed by atoms with Gasteiger partial charge in [0, 0.05) is 13.7 Å². The molecule has 1 atom stereocenters. The molecular formula is C23H30N6O5. The Morgan fingerprint density at radius 2 is 1.88 bits per heavy atom. The minimum absolute atomic E-state index is 0.101. The Bertz CT molecular complexity index is 1140. The maximum absolute atomic E-state index is 11.2. The SMILES string of the molecule is COCCOc1nc(N)c2nc(C(C)OC(=O)O)n(Cc3cccc(CN4CCCC4)c3)c2n1. The molecule has 1 fully saturated rings. The molecule has 0 saturated carbocycles. The maximum Gasteiger partial charge on any atom is 0.506 e. The summed E-state index contributed by atoms with van der Waals surface area (Å²) in [6, 6.07) is 8.42. The highest BCUT2D eigenvalue weighted by Gasteiger charge is 2.24. The van der Waals surface area contributed by atoms with Crippen molar-refractivity contribution in [2.24, 2.45) is 0 Å². The zero-order chi connectivity index (χ0) is 24.1. The number of likely N-dealkylation sites (tertiary alicyclic amines) is 1. The van der Waals surface area contributed by atoms with Crippen LogP contribution in [0.5, 0.6) is 6.01 Å². The molecule has 1 unspecified atom stereocenters. The molecule has 34 heavy (non-hydrogen) atoms. The molecule has 0 aliphatic carbocycles. The molecule has 0 radical (unpaired) electrons. The maximum atomic E-state index is 11.2. The first kappa shape index (κ1) is 23.7. The summed E-state index contributed by atoms with van der Waals surface area (Å²) in [6.45, 7) is 5.80. The fourth-order valence-electron chi connectivity index (χ4n) is 4.18. The third-order valence-corrected chi connectivity index (χ3v) is 5.73. The summed E-state index contributed by atoms with van der Waals surface area (Å²) in [5.41, 5.74) is 9.21. The number of carboxylic acid groups (broad SMARTS) is 1. The highest BCUT2D eigenvalue weighted by molar-refractivity contribution is 5.82. The van der Waals surface area contributed by atoms with Crippen molar-refractivity contribution in [2.45, 2.75) is 39.0 Å². The summed E-state index contributed by atoms with van der Waals surface area (Å²) in [7, 11) is 1.57. The lowest BCUT2D eigenvalue weighted by molar-refractivity contribution is 0.0542. The highest BCUT2D eigenvalue weighted by atomic mass is 16.7. The van der Waals surface area contributed by atoms with E-state index in [1.54, 1.807) is 18.6 Å². The van der Waals surface area contributed by atoms with Gasteiger partial charge in [0.05, 0.1) is 13.2 Å². The van der Waals surface area contributed by atoms with Crippen LogP contribution >= 0.6 is 0 Å². The number of anilines is 1. The number of fused-ring (bicyclic) bond motifs is 1. The van der Waals surface area contributed by atoms with Gasteiger partial charge in [0.1, 0.15) is 6.61 Å². The van der Waals surface area contributed by atoms with Gasteiger partial charge in [-0.05, 0) is 44.0 Å². The first-order valence-electron chi connectivity index (χ1n) is 11.3. The molecule has 3 N–H and O–H groups in total. The van der Waals surface area contributed by atoms with Crippen LogP contribution in [0.1, 0.15) is 42.8 Å². The number of nitrogens with two attached hydrogens (primary N) is 1. The van der Waals surface area contributed by atoms with Crippen LogP contribution in [0.25, 0.3) is 11.2 Å². The molecular weight excluding hydrogens is 440 g/mol. The lowest BCUT2D eigenvalue weighted by Gasteiger charge is -2.16. The molecule has 182 valence electrons. The minimum atomic E-state index is -1.39. The van der Waals surface area contributed by atoms with Gasteiger partial charge in [0.15, 0.2) is 28.9 Å². The standard InChI is InChI=1S/C23H30N6O5/c1-15(34-23(30)31)20-25-18-19(24)26-22(33-11-10-32-2)27-21(18)29(20)14-17-7-5-6-16(12-17)13-28-8-3-4-9-28/h5-7,12,15H,3-4,8-11,13-14H2,1-2H3,(H,30,31)(H2,24,26,27). The highest BCUT2D eigenvalue weighted by Crippen LogP contribution is 2.27. The Labute approximate surface area is 197 Å². The van der Waals surface area contributed by atoms with Crippen molar-refractivity contribution >= 4 is 23.1 Å². The minimum Gasteiger partial charge on any atom is -0.461 e. The summed E-state index contributed by atoms with van der Waals surface area (Å²) in [6.07, 6.45) is 0.251. The van der Waals surface area contributed by atoms with Gasteiger partial charge in [-0.3, -0.25) is 4.90 Å². The Morgan fingerprint density at radius 1 is 1.15 bits per heavy atom. The summed E-state index contributed by atoms with van der Waals surface area (Å²) in [5, 5.41) is 9.14.